The van der Waals surface area contributed by atoms with Crippen LogP contribution < -0.4 is 4.90 Å². The topological polar surface area (TPSA) is 75.6 Å². The number of carbonyl (C=O) groups is 1. The maximum atomic E-state index is 12.8. The first-order valence-corrected chi connectivity index (χ1v) is 9.76. The highest BCUT2D eigenvalue weighted by Gasteiger charge is 2.29. The number of amides is 1. The summed E-state index contributed by atoms with van der Waals surface area (Å²) in [5.41, 5.74) is 2.33. The minimum atomic E-state index is 0.182. The third-order valence-corrected chi connectivity index (χ3v) is 5.66. The Morgan fingerprint density at radius 1 is 1.07 bits per heavy atom. The molecule has 1 fully saturated rings. The highest BCUT2D eigenvalue weighted by Crippen LogP contribution is 2.30. The van der Waals surface area contributed by atoms with Gasteiger partial charge in [-0.3, -0.25) is 9.69 Å². The number of fused-ring (bicyclic) bond motifs is 1. The average Bonchev–Trinajstić information content (AvgIpc) is 3.48. The summed E-state index contributed by atoms with van der Waals surface area (Å²) in [4.78, 5) is 16.9. The number of hydrogen-bond donors (Lipinski definition) is 0. The van der Waals surface area contributed by atoms with Crippen molar-refractivity contribution in [2.75, 3.05) is 31.1 Å². The Kier molecular flexibility index (Phi) is 4.44. The number of aromatic nitrogens is 2. The molecule has 2 aromatic heterocycles. The number of likely N-dealkylation sites (tertiary alicyclic amines) is 1. The summed E-state index contributed by atoms with van der Waals surface area (Å²) in [5.74, 6) is 2.08. The molecule has 0 atom stereocenters. The van der Waals surface area contributed by atoms with Crippen LogP contribution in [0.3, 0.4) is 0 Å². The zero-order valence-electron chi connectivity index (χ0n) is 15.6. The Bertz CT molecular complexity index is 958. The minimum Gasteiger partial charge on any atom is -0.459 e. The maximum absolute atomic E-state index is 12.8. The molecule has 4 heterocycles. The van der Waals surface area contributed by atoms with Gasteiger partial charge in [-0.2, -0.15) is 0 Å². The van der Waals surface area contributed by atoms with Gasteiger partial charge >= 0.3 is 0 Å². The summed E-state index contributed by atoms with van der Waals surface area (Å²) in [6.07, 6.45) is 4.35. The van der Waals surface area contributed by atoms with Crippen molar-refractivity contribution in [1.82, 2.24) is 15.1 Å². The van der Waals surface area contributed by atoms with Gasteiger partial charge in [-0.15, -0.1) is 10.2 Å². The van der Waals surface area contributed by atoms with E-state index in [-0.39, 0.29) is 11.8 Å². The maximum Gasteiger partial charge on any atom is 0.283 e. The van der Waals surface area contributed by atoms with Crippen LogP contribution >= 0.6 is 0 Å². The lowest BCUT2D eigenvalue weighted by Gasteiger charge is -2.31. The molecule has 0 N–H and O–H groups in total. The van der Waals surface area contributed by atoms with E-state index in [1.807, 2.05) is 29.2 Å². The highest BCUT2D eigenvalue weighted by molar-refractivity contribution is 5.96. The van der Waals surface area contributed by atoms with Gasteiger partial charge in [0, 0.05) is 18.2 Å². The van der Waals surface area contributed by atoms with Crippen LogP contribution in [-0.2, 0) is 11.2 Å². The fraction of sp³-hybridized carbons (Fsp3) is 0.381. The second-order valence-electron chi connectivity index (χ2n) is 7.40. The zero-order valence-corrected chi connectivity index (χ0v) is 15.6. The monoisotopic (exact) mass is 378 g/mol. The molecule has 1 amide bonds. The van der Waals surface area contributed by atoms with E-state index in [2.05, 4.69) is 21.2 Å². The number of para-hydroxylation sites is 1. The third-order valence-electron chi connectivity index (χ3n) is 5.66. The predicted octanol–water partition coefficient (Wildman–Crippen LogP) is 3.10. The molecule has 28 heavy (non-hydrogen) atoms. The van der Waals surface area contributed by atoms with Crippen LogP contribution in [0.25, 0.3) is 11.7 Å². The summed E-state index contributed by atoms with van der Waals surface area (Å²) < 4.78 is 11.1. The van der Waals surface area contributed by atoms with Gasteiger partial charge in [-0.1, -0.05) is 18.2 Å². The Labute approximate surface area is 162 Å². The quantitative estimate of drug-likeness (QED) is 0.694. The first-order valence-electron chi connectivity index (χ1n) is 9.76. The first kappa shape index (κ1) is 17.2. The molecule has 144 valence electrons. The molecule has 0 bridgehead atoms. The lowest BCUT2D eigenvalue weighted by atomic mass is 9.97. The van der Waals surface area contributed by atoms with Crippen molar-refractivity contribution in [2.24, 2.45) is 0 Å². The standard InChI is InChI=1S/C21H22N4O3/c26-19(25-12-9-15-4-1-2-5-17(15)25)14-24-10-7-16(8-11-24)20-22-23-21(28-20)18-6-3-13-27-18/h1-6,13,16H,7-12,14H2. The van der Waals surface area contributed by atoms with E-state index in [0.717, 1.165) is 44.6 Å². The van der Waals surface area contributed by atoms with E-state index >= 15 is 0 Å². The number of furan rings is 1. The summed E-state index contributed by atoms with van der Waals surface area (Å²) in [7, 11) is 0. The van der Waals surface area contributed by atoms with Crippen molar-refractivity contribution in [1.29, 1.82) is 0 Å². The van der Waals surface area contributed by atoms with E-state index in [4.69, 9.17) is 8.83 Å². The lowest BCUT2D eigenvalue weighted by Crippen LogP contribution is -2.42. The molecule has 2 aliphatic heterocycles. The van der Waals surface area contributed by atoms with Gasteiger partial charge in [-0.25, -0.2) is 0 Å². The van der Waals surface area contributed by atoms with Gasteiger partial charge in [0.25, 0.3) is 5.89 Å². The van der Waals surface area contributed by atoms with Crippen molar-refractivity contribution >= 4 is 11.6 Å². The van der Waals surface area contributed by atoms with Crippen LogP contribution in [0.15, 0.2) is 51.5 Å². The number of benzene rings is 1. The number of nitrogens with zero attached hydrogens (tertiary/aromatic N) is 4. The molecule has 0 saturated carbocycles. The van der Waals surface area contributed by atoms with E-state index in [9.17, 15) is 4.79 Å². The molecule has 2 aliphatic rings. The number of hydrogen-bond acceptors (Lipinski definition) is 6. The number of rotatable bonds is 4. The summed E-state index contributed by atoms with van der Waals surface area (Å²) in [5, 5.41) is 8.29. The van der Waals surface area contributed by atoms with E-state index in [1.165, 1.54) is 5.56 Å². The van der Waals surface area contributed by atoms with Crippen LogP contribution in [0, 0.1) is 0 Å². The van der Waals surface area contributed by atoms with Gasteiger partial charge in [0.2, 0.25) is 11.8 Å². The number of carbonyl (C=O) groups excluding carboxylic acids is 1. The van der Waals surface area contributed by atoms with Crippen molar-refractivity contribution in [3.8, 4) is 11.7 Å². The zero-order chi connectivity index (χ0) is 18.9. The molecule has 7 nitrogen and oxygen atoms in total. The van der Waals surface area contributed by atoms with Crippen molar-refractivity contribution in [3.05, 3.63) is 54.1 Å². The van der Waals surface area contributed by atoms with Crippen LogP contribution in [0.5, 0.6) is 0 Å². The van der Waals surface area contributed by atoms with Gasteiger partial charge in [-0.05, 0) is 56.1 Å². The number of anilines is 1. The van der Waals surface area contributed by atoms with Gasteiger partial charge in [0.05, 0.1) is 12.8 Å². The molecule has 5 rings (SSSR count). The van der Waals surface area contributed by atoms with Crippen LogP contribution in [0.1, 0.15) is 30.2 Å². The molecule has 1 saturated heterocycles. The van der Waals surface area contributed by atoms with Crippen molar-refractivity contribution < 1.29 is 13.6 Å². The normalized spacial score (nSPS) is 17.8. The summed E-state index contributed by atoms with van der Waals surface area (Å²) >= 11 is 0. The van der Waals surface area contributed by atoms with Gasteiger partial charge in [0.1, 0.15) is 0 Å². The lowest BCUT2D eigenvalue weighted by molar-refractivity contribution is -0.119. The van der Waals surface area contributed by atoms with Gasteiger partial charge < -0.3 is 13.7 Å². The fourth-order valence-electron chi connectivity index (χ4n) is 4.11. The van der Waals surface area contributed by atoms with Crippen LogP contribution in [0.4, 0.5) is 5.69 Å². The average molecular weight is 378 g/mol. The fourth-order valence-corrected chi connectivity index (χ4v) is 4.11. The first-order chi connectivity index (χ1) is 13.8. The number of piperidine rings is 1. The molecule has 1 aromatic carbocycles. The molecule has 0 radical (unpaired) electrons. The van der Waals surface area contributed by atoms with Gasteiger partial charge in [0.15, 0.2) is 5.76 Å². The van der Waals surface area contributed by atoms with Crippen molar-refractivity contribution in [2.45, 2.75) is 25.2 Å². The van der Waals surface area contributed by atoms with E-state index in [1.54, 1.807) is 12.3 Å². The predicted molar refractivity (Wildman–Crippen MR) is 103 cm³/mol. The third kappa shape index (κ3) is 3.22. The largest absolute Gasteiger partial charge is 0.459 e. The summed E-state index contributed by atoms with van der Waals surface area (Å²) in [6.45, 7) is 2.95. The van der Waals surface area contributed by atoms with E-state index in [0.29, 0.717) is 24.1 Å². The molecular weight excluding hydrogens is 356 g/mol. The molecule has 3 aromatic rings. The van der Waals surface area contributed by atoms with Crippen LogP contribution in [-0.4, -0.2) is 47.2 Å². The molecule has 0 aliphatic carbocycles. The van der Waals surface area contributed by atoms with Crippen LogP contribution in [0.2, 0.25) is 0 Å². The molecule has 7 heteroatoms. The Morgan fingerprint density at radius 2 is 1.93 bits per heavy atom. The Hall–Kier alpha value is -2.93. The Balaban J connectivity index is 1.17. The minimum absolute atomic E-state index is 0.182. The molecule has 0 spiro atoms. The molecule has 0 unspecified atom stereocenters. The summed E-state index contributed by atoms with van der Waals surface area (Å²) in [6, 6.07) is 11.8. The second-order valence-corrected chi connectivity index (χ2v) is 7.40. The highest BCUT2D eigenvalue weighted by atomic mass is 16.4. The second kappa shape index (κ2) is 7.24. The Morgan fingerprint density at radius 3 is 2.75 bits per heavy atom. The molecular formula is C21H22N4O3. The SMILES string of the molecule is O=C(CN1CCC(c2nnc(-c3ccco3)o2)CC1)N1CCc2ccccc21. The van der Waals surface area contributed by atoms with E-state index < -0.39 is 0 Å². The van der Waals surface area contributed by atoms with Crippen molar-refractivity contribution in [3.63, 3.8) is 0 Å². The smallest absolute Gasteiger partial charge is 0.283 e.